The van der Waals surface area contributed by atoms with E-state index in [2.05, 4.69) is 0 Å². The Bertz CT molecular complexity index is 583. The lowest BCUT2D eigenvalue weighted by atomic mass is 9.75. The second-order valence-corrected chi connectivity index (χ2v) is 7.91. The van der Waals surface area contributed by atoms with E-state index in [1.54, 1.807) is 4.90 Å². The number of nitrogens with zero attached hydrogens (tertiary/aromatic N) is 1. The number of carbonyl (C=O) groups is 2. The fourth-order valence-corrected chi connectivity index (χ4v) is 3.12. The average molecular weight is 347 g/mol. The van der Waals surface area contributed by atoms with Gasteiger partial charge in [0.05, 0.1) is 0 Å². The zero-order valence-corrected chi connectivity index (χ0v) is 15.5. The minimum absolute atomic E-state index is 0.0389. The molecule has 0 spiro atoms. The van der Waals surface area contributed by atoms with Crippen molar-refractivity contribution < 1.29 is 19.4 Å². The molecule has 25 heavy (non-hydrogen) atoms. The van der Waals surface area contributed by atoms with Gasteiger partial charge >= 0.3 is 6.09 Å². The first-order chi connectivity index (χ1) is 11.7. The fraction of sp³-hybridized carbons (Fsp3) is 0.600. The van der Waals surface area contributed by atoms with Crippen LogP contribution < -0.4 is 0 Å². The summed E-state index contributed by atoms with van der Waals surface area (Å²) >= 11 is 0. The summed E-state index contributed by atoms with van der Waals surface area (Å²) in [5, 5.41) is 9.89. The molecule has 5 heteroatoms. The van der Waals surface area contributed by atoms with Crippen LogP contribution in [0, 0.1) is 5.41 Å². The molecule has 1 N–H and O–H groups in total. The molecule has 1 aromatic rings. The molecule has 0 saturated carbocycles. The Kier molecular flexibility index (Phi) is 6.22. The van der Waals surface area contributed by atoms with Crippen molar-refractivity contribution in [2.24, 2.45) is 5.41 Å². The summed E-state index contributed by atoms with van der Waals surface area (Å²) in [6.45, 7) is 6.69. The molecule has 0 aliphatic carbocycles. The van der Waals surface area contributed by atoms with E-state index in [1.165, 1.54) is 0 Å². The molecule has 0 atom stereocenters. The first-order valence-corrected chi connectivity index (χ1v) is 8.92. The number of piperidine rings is 1. The van der Waals surface area contributed by atoms with Gasteiger partial charge in [-0.25, -0.2) is 4.79 Å². The molecule has 1 aromatic carbocycles. The van der Waals surface area contributed by atoms with Gasteiger partial charge in [0.2, 0.25) is 0 Å². The average Bonchev–Trinajstić information content (AvgIpc) is 2.59. The Hall–Kier alpha value is -1.88. The van der Waals surface area contributed by atoms with Gasteiger partial charge in [0.25, 0.3) is 0 Å². The van der Waals surface area contributed by atoms with E-state index >= 15 is 0 Å². The molecule has 1 heterocycles. The maximum absolute atomic E-state index is 12.3. The quantitative estimate of drug-likeness (QED) is 0.826. The molecule has 1 saturated heterocycles. The minimum Gasteiger partial charge on any atom is -0.444 e. The number of ketones is 1. The standard InChI is InChI=1S/C20H29NO4/c1-19(2,3)25-18(24)21-13-11-20(15-22,12-14-21)10-9-17(23)16-7-5-4-6-8-16/h4-8,22H,9-15H2,1-3H3. The van der Waals surface area contributed by atoms with Crippen LogP contribution in [0.2, 0.25) is 0 Å². The number of amides is 1. The normalized spacial score (nSPS) is 17.2. The summed E-state index contributed by atoms with van der Waals surface area (Å²) < 4.78 is 5.41. The lowest BCUT2D eigenvalue weighted by Gasteiger charge is -2.41. The first-order valence-electron chi connectivity index (χ1n) is 8.92. The largest absolute Gasteiger partial charge is 0.444 e. The van der Waals surface area contributed by atoms with Crippen LogP contribution in [0.15, 0.2) is 30.3 Å². The molecular formula is C20H29NO4. The molecule has 1 fully saturated rings. The van der Waals surface area contributed by atoms with Crippen LogP contribution in [0.25, 0.3) is 0 Å². The van der Waals surface area contributed by atoms with Crippen molar-refractivity contribution in [2.45, 2.75) is 52.1 Å². The van der Waals surface area contributed by atoms with Gasteiger partial charge < -0.3 is 14.7 Å². The number of hydrogen-bond donors (Lipinski definition) is 1. The van der Waals surface area contributed by atoms with Crippen LogP contribution in [0.4, 0.5) is 4.79 Å². The van der Waals surface area contributed by atoms with Crippen LogP contribution in [-0.4, -0.2) is 47.2 Å². The van der Waals surface area contributed by atoms with Gasteiger partial charge in [-0.15, -0.1) is 0 Å². The fourth-order valence-electron chi connectivity index (χ4n) is 3.12. The molecule has 1 aliphatic heterocycles. The Morgan fingerprint density at radius 1 is 1.16 bits per heavy atom. The van der Waals surface area contributed by atoms with Crippen molar-refractivity contribution in [3.63, 3.8) is 0 Å². The van der Waals surface area contributed by atoms with Crippen molar-refractivity contribution in [1.29, 1.82) is 0 Å². The van der Waals surface area contributed by atoms with Crippen molar-refractivity contribution in [3.8, 4) is 0 Å². The highest BCUT2D eigenvalue weighted by molar-refractivity contribution is 5.95. The third kappa shape index (κ3) is 5.56. The van der Waals surface area contributed by atoms with Crippen LogP contribution >= 0.6 is 0 Å². The maximum atomic E-state index is 12.3. The minimum atomic E-state index is -0.509. The summed E-state index contributed by atoms with van der Waals surface area (Å²) in [4.78, 5) is 26.2. The highest BCUT2D eigenvalue weighted by Crippen LogP contribution is 2.36. The SMILES string of the molecule is CC(C)(C)OC(=O)N1CCC(CO)(CCC(=O)c2ccccc2)CC1. The number of rotatable bonds is 5. The summed E-state index contributed by atoms with van der Waals surface area (Å²) in [6.07, 6.45) is 2.12. The van der Waals surface area contributed by atoms with Gasteiger partial charge in [-0.1, -0.05) is 30.3 Å². The van der Waals surface area contributed by atoms with Crippen LogP contribution in [-0.2, 0) is 4.74 Å². The molecule has 0 radical (unpaired) electrons. The van der Waals surface area contributed by atoms with E-state index in [0.29, 0.717) is 44.3 Å². The first kappa shape index (κ1) is 19.4. The highest BCUT2D eigenvalue weighted by Gasteiger charge is 2.36. The lowest BCUT2D eigenvalue weighted by Crippen LogP contribution is -2.46. The van der Waals surface area contributed by atoms with Gasteiger partial charge in [-0.2, -0.15) is 0 Å². The number of ether oxygens (including phenoxy) is 1. The molecule has 2 rings (SSSR count). The topological polar surface area (TPSA) is 66.8 Å². The number of Topliss-reactive ketones (excluding diaryl/α,β-unsaturated/α-hetero) is 1. The summed E-state index contributed by atoms with van der Waals surface area (Å²) in [5.41, 5.74) is -0.0880. The highest BCUT2D eigenvalue weighted by atomic mass is 16.6. The second-order valence-electron chi connectivity index (χ2n) is 7.91. The zero-order chi connectivity index (χ0) is 18.5. The molecule has 1 amide bonds. The Balaban J connectivity index is 1.88. The third-order valence-corrected chi connectivity index (χ3v) is 4.79. The number of likely N-dealkylation sites (tertiary alicyclic amines) is 1. The molecule has 138 valence electrons. The predicted octanol–water partition coefficient (Wildman–Crippen LogP) is 3.66. The van der Waals surface area contributed by atoms with Crippen molar-refractivity contribution in [2.75, 3.05) is 19.7 Å². The van der Waals surface area contributed by atoms with Crippen molar-refractivity contribution in [3.05, 3.63) is 35.9 Å². The summed E-state index contributed by atoms with van der Waals surface area (Å²) in [5.74, 6) is 0.1000. The Morgan fingerprint density at radius 3 is 2.28 bits per heavy atom. The van der Waals surface area contributed by atoms with Gasteiger partial charge in [0.1, 0.15) is 5.60 Å². The van der Waals surface area contributed by atoms with Gasteiger partial charge in [-0.05, 0) is 45.4 Å². The number of benzene rings is 1. The van der Waals surface area contributed by atoms with E-state index in [1.807, 2.05) is 51.1 Å². The third-order valence-electron chi connectivity index (χ3n) is 4.79. The monoisotopic (exact) mass is 347 g/mol. The van der Waals surface area contributed by atoms with Crippen molar-refractivity contribution >= 4 is 11.9 Å². The van der Waals surface area contributed by atoms with E-state index in [9.17, 15) is 14.7 Å². The number of aliphatic hydroxyl groups is 1. The number of aliphatic hydroxyl groups excluding tert-OH is 1. The van der Waals surface area contributed by atoms with Gasteiger partial charge in [-0.3, -0.25) is 4.79 Å². The number of hydrogen-bond acceptors (Lipinski definition) is 4. The molecular weight excluding hydrogens is 318 g/mol. The van der Waals surface area contributed by atoms with Crippen LogP contribution in [0.3, 0.4) is 0 Å². The summed E-state index contributed by atoms with van der Waals surface area (Å²) in [7, 11) is 0. The molecule has 0 aromatic heterocycles. The number of carbonyl (C=O) groups excluding carboxylic acids is 2. The van der Waals surface area contributed by atoms with E-state index in [-0.39, 0.29) is 23.9 Å². The Labute approximate surface area is 150 Å². The Morgan fingerprint density at radius 2 is 1.76 bits per heavy atom. The van der Waals surface area contributed by atoms with E-state index < -0.39 is 5.60 Å². The van der Waals surface area contributed by atoms with Crippen LogP contribution in [0.5, 0.6) is 0 Å². The lowest BCUT2D eigenvalue weighted by molar-refractivity contribution is -0.00279. The molecule has 1 aliphatic rings. The smallest absolute Gasteiger partial charge is 0.410 e. The molecule has 0 unspecified atom stereocenters. The van der Waals surface area contributed by atoms with Crippen molar-refractivity contribution in [1.82, 2.24) is 4.90 Å². The maximum Gasteiger partial charge on any atom is 0.410 e. The van der Waals surface area contributed by atoms with Crippen LogP contribution in [0.1, 0.15) is 56.8 Å². The summed E-state index contributed by atoms with van der Waals surface area (Å²) in [6, 6.07) is 9.24. The second kappa shape index (κ2) is 8.00. The van der Waals surface area contributed by atoms with E-state index in [4.69, 9.17) is 4.74 Å². The van der Waals surface area contributed by atoms with E-state index in [0.717, 1.165) is 0 Å². The van der Waals surface area contributed by atoms with Gasteiger partial charge in [0.15, 0.2) is 5.78 Å². The molecule has 5 nitrogen and oxygen atoms in total. The predicted molar refractivity (Wildman–Crippen MR) is 96.6 cm³/mol. The van der Waals surface area contributed by atoms with Gasteiger partial charge in [0, 0.05) is 31.7 Å². The zero-order valence-electron chi connectivity index (χ0n) is 15.5. The molecule has 0 bridgehead atoms.